The summed E-state index contributed by atoms with van der Waals surface area (Å²) in [6, 6.07) is 6.45. The molecule has 0 radical (unpaired) electrons. The molecule has 0 aliphatic heterocycles. The van der Waals surface area contributed by atoms with Crippen LogP contribution in [0.25, 0.3) is 16.7 Å². The van der Waals surface area contributed by atoms with Crippen molar-refractivity contribution >= 4 is 17.2 Å². The standard InChI is InChI=1S/C16H16FN3O/c1-3-4-14-13(10-21)16(19(2)18-14)20-8-7-11-9-12(17)5-6-15(11)20/h5-10H,3-4H2,1-2H3. The van der Waals surface area contributed by atoms with Gasteiger partial charge >= 0.3 is 0 Å². The summed E-state index contributed by atoms with van der Waals surface area (Å²) in [5, 5.41) is 5.24. The second-order valence-corrected chi connectivity index (χ2v) is 5.06. The Morgan fingerprint density at radius 3 is 2.86 bits per heavy atom. The molecule has 0 atom stereocenters. The average molecular weight is 285 g/mol. The molecular formula is C16H16FN3O. The molecule has 0 fully saturated rings. The largest absolute Gasteiger partial charge is 0.301 e. The number of carbonyl (C=O) groups excluding carboxylic acids is 1. The number of fused-ring (bicyclic) bond motifs is 1. The van der Waals surface area contributed by atoms with E-state index in [4.69, 9.17) is 0 Å². The molecule has 1 aromatic carbocycles. The number of carbonyl (C=O) groups is 1. The van der Waals surface area contributed by atoms with Crippen LogP contribution in [-0.2, 0) is 13.5 Å². The zero-order valence-electron chi connectivity index (χ0n) is 12.0. The third-order valence-electron chi connectivity index (χ3n) is 3.61. The van der Waals surface area contributed by atoms with Gasteiger partial charge in [-0.15, -0.1) is 0 Å². The van der Waals surface area contributed by atoms with Gasteiger partial charge in [-0.2, -0.15) is 5.10 Å². The third kappa shape index (κ3) is 2.14. The highest BCUT2D eigenvalue weighted by atomic mass is 19.1. The van der Waals surface area contributed by atoms with Crippen molar-refractivity contribution < 1.29 is 9.18 Å². The van der Waals surface area contributed by atoms with Crippen LogP contribution in [0.4, 0.5) is 4.39 Å². The van der Waals surface area contributed by atoms with E-state index in [-0.39, 0.29) is 5.82 Å². The van der Waals surface area contributed by atoms with Crippen molar-refractivity contribution in [2.45, 2.75) is 19.8 Å². The maximum Gasteiger partial charge on any atom is 0.155 e. The van der Waals surface area contributed by atoms with Crippen LogP contribution in [0.2, 0.25) is 0 Å². The van der Waals surface area contributed by atoms with Crippen LogP contribution in [-0.4, -0.2) is 20.6 Å². The van der Waals surface area contributed by atoms with Gasteiger partial charge in [-0.25, -0.2) is 4.39 Å². The minimum absolute atomic E-state index is 0.271. The van der Waals surface area contributed by atoms with Gasteiger partial charge in [-0.3, -0.25) is 9.48 Å². The molecule has 0 saturated carbocycles. The first-order valence-electron chi connectivity index (χ1n) is 6.93. The number of rotatable bonds is 4. The molecule has 0 N–H and O–H groups in total. The lowest BCUT2D eigenvalue weighted by Gasteiger charge is -2.07. The van der Waals surface area contributed by atoms with Gasteiger partial charge in [0.05, 0.1) is 16.8 Å². The highest BCUT2D eigenvalue weighted by molar-refractivity contribution is 5.86. The van der Waals surface area contributed by atoms with Crippen molar-refractivity contribution in [3.63, 3.8) is 0 Å². The molecule has 3 aromatic rings. The van der Waals surface area contributed by atoms with Gasteiger partial charge in [0.25, 0.3) is 0 Å². The van der Waals surface area contributed by atoms with Crippen molar-refractivity contribution in [1.82, 2.24) is 14.3 Å². The van der Waals surface area contributed by atoms with Gasteiger partial charge in [0, 0.05) is 18.6 Å². The Morgan fingerprint density at radius 2 is 2.14 bits per heavy atom. The average Bonchev–Trinajstić information content (AvgIpc) is 2.99. The van der Waals surface area contributed by atoms with Crippen LogP contribution in [0, 0.1) is 5.82 Å². The molecule has 2 heterocycles. The number of aldehydes is 1. The summed E-state index contributed by atoms with van der Waals surface area (Å²) in [5.74, 6) is 0.447. The van der Waals surface area contributed by atoms with Crippen LogP contribution >= 0.6 is 0 Å². The quantitative estimate of drug-likeness (QED) is 0.690. The molecule has 2 aromatic heterocycles. The summed E-state index contributed by atoms with van der Waals surface area (Å²) in [6.45, 7) is 2.05. The van der Waals surface area contributed by atoms with E-state index < -0.39 is 0 Å². The summed E-state index contributed by atoms with van der Waals surface area (Å²) in [7, 11) is 1.82. The second-order valence-electron chi connectivity index (χ2n) is 5.06. The smallest absolute Gasteiger partial charge is 0.155 e. The molecule has 0 aliphatic carbocycles. The van der Waals surface area contributed by atoms with E-state index in [1.165, 1.54) is 12.1 Å². The highest BCUT2D eigenvalue weighted by Gasteiger charge is 2.18. The summed E-state index contributed by atoms with van der Waals surface area (Å²) in [6.07, 6.45) is 4.37. The molecule has 4 nitrogen and oxygen atoms in total. The topological polar surface area (TPSA) is 39.8 Å². The van der Waals surface area contributed by atoms with E-state index >= 15 is 0 Å². The van der Waals surface area contributed by atoms with Gasteiger partial charge < -0.3 is 4.57 Å². The van der Waals surface area contributed by atoms with Crippen molar-refractivity contribution in [3.05, 3.63) is 47.5 Å². The lowest BCUT2D eigenvalue weighted by atomic mass is 10.1. The normalized spacial score (nSPS) is 11.2. The van der Waals surface area contributed by atoms with Crippen LogP contribution in [0.3, 0.4) is 0 Å². The summed E-state index contributed by atoms with van der Waals surface area (Å²) in [4.78, 5) is 11.5. The first kappa shape index (κ1) is 13.5. The van der Waals surface area contributed by atoms with Crippen molar-refractivity contribution in [2.24, 2.45) is 7.05 Å². The maximum absolute atomic E-state index is 13.3. The Morgan fingerprint density at radius 1 is 1.33 bits per heavy atom. The maximum atomic E-state index is 13.3. The minimum Gasteiger partial charge on any atom is -0.301 e. The third-order valence-corrected chi connectivity index (χ3v) is 3.61. The van der Waals surface area contributed by atoms with Crippen LogP contribution in [0.5, 0.6) is 0 Å². The zero-order valence-corrected chi connectivity index (χ0v) is 12.0. The fourth-order valence-electron chi connectivity index (χ4n) is 2.71. The number of aromatic nitrogens is 3. The lowest BCUT2D eigenvalue weighted by molar-refractivity contribution is 0.112. The summed E-state index contributed by atoms with van der Waals surface area (Å²) in [5.41, 5.74) is 2.25. The number of hydrogen-bond acceptors (Lipinski definition) is 2. The van der Waals surface area contributed by atoms with Crippen LogP contribution < -0.4 is 0 Å². The van der Waals surface area contributed by atoms with Crippen molar-refractivity contribution in [2.75, 3.05) is 0 Å². The lowest BCUT2D eigenvalue weighted by Crippen LogP contribution is -2.03. The monoisotopic (exact) mass is 285 g/mol. The first-order valence-corrected chi connectivity index (χ1v) is 6.93. The molecule has 0 amide bonds. The fourth-order valence-corrected chi connectivity index (χ4v) is 2.71. The van der Waals surface area contributed by atoms with Crippen molar-refractivity contribution in [3.8, 4) is 5.82 Å². The minimum atomic E-state index is -0.271. The second kappa shape index (κ2) is 5.16. The van der Waals surface area contributed by atoms with Gasteiger partial charge in [0.1, 0.15) is 11.6 Å². The molecule has 0 saturated heterocycles. The molecule has 5 heteroatoms. The Hall–Kier alpha value is -2.43. The van der Waals surface area contributed by atoms with Gasteiger partial charge in [-0.1, -0.05) is 13.3 Å². The molecular weight excluding hydrogens is 269 g/mol. The molecule has 21 heavy (non-hydrogen) atoms. The summed E-state index contributed by atoms with van der Waals surface area (Å²) < 4.78 is 16.9. The Balaban J connectivity index is 2.25. The van der Waals surface area contributed by atoms with E-state index in [0.717, 1.165) is 41.5 Å². The van der Waals surface area contributed by atoms with E-state index in [0.29, 0.717) is 5.56 Å². The predicted octanol–water partition coefficient (Wildman–Crippen LogP) is 3.27. The van der Waals surface area contributed by atoms with Gasteiger partial charge in [-0.05, 0) is 30.7 Å². The number of benzene rings is 1. The summed E-state index contributed by atoms with van der Waals surface area (Å²) >= 11 is 0. The Kier molecular flexibility index (Phi) is 3.33. The molecule has 0 aliphatic rings. The molecule has 0 bridgehead atoms. The number of hydrogen-bond donors (Lipinski definition) is 0. The van der Waals surface area contributed by atoms with E-state index in [2.05, 4.69) is 12.0 Å². The molecule has 0 unspecified atom stereocenters. The Labute approximate surface area is 121 Å². The van der Waals surface area contributed by atoms with Gasteiger partial charge in [0.15, 0.2) is 6.29 Å². The predicted molar refractivity (Wildman–Crippen MR) is 79.4 cm³/mol. The molecule has 0 spiro atoms. The van der Waals surface area contributed by atoms with E-state index in [1.54, 1.807) is 10.7 Å². The highest BCUT2D eigenvalue weighted by Crippen LogP contribution is 2.24. The Bertz CT molecular complexity index is 816. The number of halogens is 1. The first-order chi connectivity index (χ1) is 10.2. The van der Waals surface area contributed by atoms with E-state index in [1.807, 2.05) is 23.9 Å². The fraction of sp³-hybridized carbons (Fsp3) is 0.250. The van der Waals surface area contributed by atoms with Crippen molar-refractivity contribution in [1.29, 1.82) is 0 Å². The zero-order chi connectivity index (χ0) is 15.0. The number of aryl methyl sites for hydroxylation is 2. The number of nitrogens with zero attached hydrogens (tertiary/aromatic N) is 3. The van der Waals surface area contributed by atoms with E-state index in [9.17, 15) is 9.18 Å². The van der Waals surface area contributed by atoms with Crippen LogP contribution in [0.15, 0.2) is 30.5 Å². The molecule has 108 valence electrons. The molecule has 3 rings (SSSR count). The van der Waals surface area contributed by atoms with Gasteiger partial charge in [0.2, 0.25) is 0 Å². The SMILES string of the molecule is CCCc1nn(C)c(-n2ccc3cc(F)ccc32)c1C=O. The van der Waals surface area contributed by atoms with Crippen LogP contribution in [0.1, 0.15) is 29.4 Å².